The first kappa shape index (κ1) is 16.1. The van der Waals surface area contributed by atoms with Gasteiger partial charge in [0, 0.05) is 58.0 Å². The van der Waals surface area contributed by atoms with Crippen LogP contribution in [0.1, 0.15) is 26.0 Å². The number of rotatable bonds is 3. The highest BCUT2D eigenvalue weighted by molar-refractivity contribution is 5.80. The summed E-state index contributed by atoms with van der Waals surface area (Å²) in [6, 6.07) is 3.86. The Kier molecular flexibility index (Phi) is 4.43. The molecule has 0 bridgehead atoms. The molecule has 1 spiro atoms. The normalized spacial score (nSPS) is 26.1. The fourth-order valence-electron chi connectivity index (χ4n) is 3.86. The molecule has 1 aromatic heterocycles. The predicted octanol–water partition coefficient (Wildman–Crippen LogP) is 1.18. The van der Waals surface area contributed by atoms with E-state index in [-0.39, 0.29) is 17.2 Å². The van der Waals surface area contributed by atoms with Gasteiger partial charge in [0.1, 0.15) is 5.76 Å². The molecule has 0 aliphatic carbocycles. The van der Waals surface area contributed by atoms with Crippen LogP contribution >= 0.6 is 0 Å². The maximum atomic E-state index is 12.3. The summed E-state index contributed by atoms with van der Waals surface area (Å²) < 4.78 is 5.47. The van der Waals surface area contributed by atoms with Crippen LogP contribution in [0.3, 0.4) is 0 Å². The lowest BCUT2D eigenvalue weighted by atomic mass is 9.86. The molecule has 6 nitrogen and oxygen atoms in total. The summed E-state index contributed by atoms with van der Waals surface area (Å²) in [6.07, 6.45) is 2.21. The summed E-state index contributed by atoms with van der Waals surface area (Å²) in [4.78, 5) is 30.3. The lowest BCUT2D eigenvalue weighted by Crippen LogP contribution is -2.43. The summed E-state index contributed by atoms with van der Waals surface area (Å²) in [7, 11) is 0. The van der Waals surface area contributed by atoms with Gasteiger partial charge >= 0.3 is 0 Å². The topological polar surface area (TPSA) is 57.0 Å². The van der Waals surface area contributed by atoms with Gasteiger partial charge in [-0.3, -0.25) is 14.5 Å². The summed E-state index contributed by atoms with van der Waals surface area (Å²) in [5.41, 5.74) is -0.165. The lowest BCUT2D eigenvalue weighted by molar-refractivity contribution is -0.130. The quantitative estimate of drug-likeness (QED) is 0.839. The van der Waals surface area contributed by atoms with Crippen LogP contribution in [0.5, 0.6) is 0 Å². The molecule has 2 amide bonds. The highest BCUT2D eigenvalue weighted by Gasteiger charge is 2.46. The molecule has 0 saturated carbocycles. The van der Waals surface area contributed by atoms with Crippen LogP contribution in [0.2, 0.25) is 0 Å². The van der Waals surface area contributed by atoms with Crippen molar-refractivity contribution < 1.29 is 14.0 Å². The van der Waals surface area contributed by atoms with E-state index in [9.17, 15) is 9.59 Å². The third-order valence-corrected chi connectivity index (χ3v) is 4.96. The molecule has 3 heterocycles. The van der Waals surface area contributed by atoms with E-state index >= 15 is 0 Å². The van der Waals surface area contributed by atoms with Gasteiger partial charge in [0.2, 0.25) is 11.8 Å². The van der Waals surface area contributed by atoms with E-state index in [0.29, 0.717) is 19.5 Å². The van der Waals surface area contributed by atoms with E-state index in [4.69, 9.17) is 4.42 Å². The van der Waals surface area contributed by atoms with Gasteiger partial charge in [-0.05, 0) is 19.1 Å². The molecule has 1 aromatic rings. The highest BCUT2D eigenvalue weighted by Crippen LogP contribution is 2.35. The third kappa shape index (κ3) is 3.42. The maximum absolute atomic E-state index is 12.3. The molecule has 0 N–H and O–H groups in total. The molecule has 0 radical (unpaired) electrons. The van der Waals surface area contributed by atoms with Gasteiger partial charge in [-0.1, -0.05) is 0 Å². The van der Waals surface area contributed by atoms with Crippen molar-refractivity contribution in [3.05, 3.63) is 24.2 Å². The minimum Gasteiger partial charge on any atom is -0.468 e. The van der Waals surface area contributed by atoms with Crippen LogP contribution < -0.4 is 0 Å². The zero-order valence-electron chi connectivity index (χ0n) is 14.0. The first-order valence-electron chi connectivity index (χ1n) is 8.29. The minimum atomic E-state index is -0.165. The Hall–Kier alpha value is -1.82. The largest absolute Gasteiger partial charge is 0.468 e. The number of amides is 2. The summed E-state index contributed by atoms with van der Waals surface area (Å²) in [5.74, 6) is 1.22. The van der Waals surface area contributed by atoms with E-state index in [1.54, 1.807) is 13.2 Å². The highest BCUT2D eigenvalue weighted by atomic mass is 16.3. The molecule has 1 unspecified atom stereocenters. The number of carbonyl (C=O) groups excluding carboxylic acids is 2. The summed E-state index contributed by atoms with van der Waals surface area (Å²) in [5, 5.41) is 0. The Morgan fingerprint density at radius 3 is 2.74 bits per heavy atom. The SMILES string of the molecule is CCN1CC2(CC1=O)CN(Cc1ccco1)CCN(C(C)=O)C2. The monoisotopic (exact) mass is 319 g/mol. The Morgan fingerprint density at radius 2 is 2.13 bits per heavy atom. The van der Waals surface area contributed by atoms with Crippen LogP contribution in [0.4, 0.5) is 0 Å². The second-order valence-corrected chi connectivity index (χ2v) is 6.82. The van der Waals surface area contributed by atoms with Crippen molar-refractivity contribution in [3.8, 4) is 0 Å². The first-order chi connectivity index (χ1) is 11.0. The van der Waals surface area contributed by atoms with Crippen molar-refractivity contribution in [2.24, 2.45) is 5.41 Å². The van der Waals surface area contributed by atoms with Crippen LogP contribution in [-0.4, -0.2) is 65.8 Å². The number of hydrogen-bond donors (Lipinski definition) is 0. The van der Waals surface area contributed by atoms with E-state index in [0.717, 1.165) is 38.5 Å². The second kappa shape index (κ2) is 6.35. The van der Waals surface area contributed by atoms with E-state index in [2.05, 4.69) is 4.90 Å². The lowest BCUT2D eigenvalue weighted by Gasteiger charge is -2.33. The Morgan fingerprint density at radius 1 is 1.30 bits per heavy atom. The molecule has 6 heteroatoms. The van der Waals surface area contributed by atoms with E-state index in [1.165, 1.54) is 0 Å². The molecular formula is C17H25N3O3. The van der Waals surface area contributed by atoms with Gasteiger partial charge in [-0.2, -0.15) is 0 Å². The molecule has 23 heavy (non-hydrogen) atoms. The maximum Gasteiger partial charge on any atom is 0.223 e. The van der Waals surface area contributed by atoms with Crippen molar-refractivity contribution in [3.63, 3.8) is 0 Å². The van der Waals surface area contributed by atoms with Gasteiger partial charge in [-0.25, -0.2) is 0 Å². The van der Waals surface area contributed by atoms with E-state index in [1.807, 2.05) is 28.9 Å². The average Bonchev–Trinajstić information content (AvgIpc) is 3.06. The molecule has 0 aromatic carbocycles. The first-order valence-corrected chi connectivity index (χ1v) is 8.29. The smallest absolute Gasteiger partial charge is 0.223 e. The standard InChI is InChI=1S/C17H25N3O3/c1-3-19-12-17(9-16(19)22)11-18(10-15-5-4-8-23-15)6-7-20(13-17)14(2)21/h4-5,8H,3,6-7,9-13H2,1-2H3. The van der Waals surface area contributed by atoms with Gasteiger partial charge in [0.15, 0.2) is 0 Å². The Balaban J connectivity index is 1.80. The van der Waals surface area contributed by atoms with Crippen molar-refractivity contribution >= 4 is 11.8 Å². The molecule has 2 fully saturated rings. The zero-order chi connectivity index (χ0) is 16.4. The van der Waals surface area contributed by atoms with Gasteiger partial charge in [0.25, 0.3) is 0 Å². The molecule has 3 rings (SSSR count). The number of carbonyl (C=O) groups is 2. The second-order valence-electron chi connectivity index (χ2n) is 6.82. The van der Waals surface area contributed by atoms with Crippen molar-refractivity contribution in [2.45, 2.75) is 26.8 Å². The number of hydrogen-bond acceptors (Lipinski definition) is 4. The molecule has 2 aliphatic rings. The summed E-state index contributed by atoms with van der Waals surface area (Å²) in [6.45, 7) is 8.82. The Bertz CT molecular complexity index is 572. The predicted molar refractivity (Wildman–Crippen MR) is 85.5 cm³/mol. The molecule has 2 aliphatic heterocycles. The van der Waals surface area contributed by atoms with Gasteiger partial charge in [0.05, 0.1) is 12.8 Å². The van der Waals surface area contributed by atoms with Crippen molar-refractivity contribution in [1.29, 1.82) is 0 Å². The average molecular weight is 319 g/mol. The Labute approximate surface area is 137 Å². The molecule has 126 valence electrons. The number of likely N-dealkylation sites (tertiary alicyclic amines) is 1. The molecule has 1 atom stereocenters. The van der Waals surface area contributed by atoms with Crippen LogP contribution in [0.15, 0.2) is 22.8 Å². The van der Waals surface area contributed by atoms with E-state index < -0.39 is 0 Å². The zero-order valence-corrected chi connectivity index (χ0v) is 14.0. The van der Waals surface area contributed by atoms with Gasteiger partial charge in [-0.15, -0.1) is 0 Å². The fourth-order valence-corrected chi connectivity index (χ4v) is 3.86. The van der Waals surface area contributed by atoms with Crippen LogP contribution in [0, 0.1) is 5.41 Å². The van der Waals surface area contributed by atoms with Crippen LogP contribution in [-0.2, 0) is 16.1 Å². The number of furan rings is 1. The van der Waals surface area contributed by atoms with Crippen LogP contribution in [0.25, 0.3) is 0 Å². The number of nitrogens with zero attached hydrogens (tertiary/aromatic N) is 3. The minimum absolute atomic E-state index is 0.0895. The fraction of sp³-hybridized carbons (Fsp3) is 0.647. The molecule has 2 saturated heterocycles. The molecular weight excluding hydrogens is 294 g/mol. The summed E-state index contributed by atoms with van der Waals surface area (Å²) >= 11 is 0. The van der Waals surface area contributed by atoms with Crippen molar-refractivity contribution in [2.75, 3.05) is 39.3 Å². The van der Waals surface area contributed by atoms with Crippen molar-refractivity contribution in [1.82, 2.24) is 14.7 Å². The van der Waals surface area contributed by atoms with Gasteiger partial charge < -0.3 is 14.2 Å². The third-order valence-electron chi connectivity index (χ3n) is 4.96.